The van der Waals surface area contributed by atoms with E-state index in [0.29, 0.717) is 19.1 Å². The first-order valence-corrected chi connectivity index (χ1v) is 6.96. The van der Waals surface area contributed by atoms with Gasteiger partial charge in [0.1, 0.15) is 5.82 Å². The van der Waals surface area contributed by atoms with Crippen molar-refractivity contribution < 1.29 is 4.39 Å². The Hall–Kier alpha value is -0.970. The summed E-state index contributed by atoms with van der Waals surface area (Å²) in [5.41, 5.74) is 7.40. The highest BCUT2D eigenvalue weighted by atomic mass is 19.1. The fourth-order valence-electron chi connectivity index (χ4n) is 2.83. The Morgan fingerprint density at radius 1 is 1.42 bits per heavy atom. The summed E-state index contributed by atoms with van der Waals surface area (Å²) in [6, 6.07) is 5.74. The molecular formula is C15H24FN3. The molecule has 0 amide bonds. The van der Waals surface area contributed by atoms with Crippen LogP contribution in [0.15, 0.2) is 18.2 Å². The Labute approximate surface area is 115 Å². The van der Waals surface area contributed by atoms with Gasteiger partial charge >= 0.3 is 0 Å². The molecule has 19 heavy (non-hydrogen) atoms. The molecule has 1 heterocycles. The Bertz CT molecular complexity index is 420. The quantitative estimate of drug-likeness (QED) is 0.881. The molecule has 106 valence electrons. The van der Waals surface area contributed by atoms with Crippen LogP contribution in [0.3, 0.4) is 0 Å². The zero-order chi connectivity index (χ0) is 13.8. The lowest BCUT2D eigenvalue weighted by Crippen LogP contribution is -2.37. The Kier molecular flexibility index (Phi) is 4.91. The molecule has 1 atom stereocenters. The molecular weight excluding hydrogens is 241 g/mol. The summed E-state index contributed by atoms with van der Waals surface area (Å²) in [5, 5.41) is 0. The molecule has 1 aromatic carbocycles. The maximum Gasteiger partial charge on any atom is 0.127 e. The molecule has 1 fully saturated rings. The third kappa shape index (κ3) is 3.75. The molecule has 1 aliphatic heterocycles. The second-order valence-electron chi connectivity index (χ2n) is 5.66. The lowest BCUT2D eigenvalue weighted by atomic mass is 10.1. The highest BCUT2D eigenvalue weighted by Crippen LogP contribution is 2.22. The van der Waals surface area contributed by atoms with E-state index in [2.05, 4.69) is 23.9 Å². The van der Waals surface area contributed by atoms with Gasteiger partial charge in [-0.25, -0.2) is 4.39 Å². The molecule has 1 aliphatic rings. The van der Waals surface area contributed by atoms with Crippen LogP contribution in [0, 0.1) is 5.82 Å². The third-order valence-electron chi connectivity index (χ3n) is 3.79. The van der Waals surface area contributed by atoms with E-state index in [4.69, 9.17) is 5.73 Å². The van der Waals surface area contributed by atoms with Gasteiger partial charge in [0, 0.05) is 31.2 Å². The van der Waals surface area contributed by atoms with Crippen LogP contribution in [0.25, 0.3) is 0 Å². The predicted molar refractivity (Wildman–Crippen MR) is 76.3 cm³/mol. The van der Waals surface area contributed by atoms with E-state index in [1.165, 1.54) is 18.9 Å². The van der Waals surface area contributed by atoms with E-state index in [9.17, 15) is 4.39 Å². The maximum absolute atomic E-state index is 13.9. The number of rotatable bonds is 5. The van der Waals surface area contributed by atoms with Crippen LogP contribution in [-0.2, 0) is 13.1 Å². The van der Waals surface area contributed by atoms with E-state index >= 15 is 0 Å². The molecule has 0 saturated carbocycles. The molecule has 3 nitrogen and oxygen atoms in total. The van der Waals surface area contributed by atoms with E-state index in [1.54, 1.807) is 6.07 Å². The first-order chi connectivity index (χ1) is 9.10. The highest BCUT2D eigenvalue weighted by molar-refractivity contribution is 5.25. The first-order valence-electron chi connectivity index (χ1n) is 6.96. The molecule has 0 spiro atoms. The largest absolute Gasteiger partial charge is 0.326 e. The Balaban J connectivity index is 2.07. The van der Waals surface area contributed by atoms with Crippen molar-refractivity contribution in [3.8, 4) is 0 Å². The zero-order valence-electron chi connectivity index (χ0n) is 11.9. The molecule has 1 unspecified atom stereocenters. The Morgan fingerprint density at radius 3 is 2.89 bits per heavy atom. The van der Waals surface area contributed by atoms with E-state index < -0.39 is 0 Å². The standard InChI is InChI=1S/C15H24FN3/c1-18(2)11-14-4-3-7-19(14)10-13-8-12(9-17)5-6-15(13)16/h5-6,8,14H,3-4,7,9-11,17H2,1-2H3. The second kappa shape index (κ2) is 6.46. The van der Waals surface area contributed by atoms with Gasteiger partial charge in [-0.15, -0.1) is 0 Å². The summed E-state index contributed by atoms with van der Waals surface area (Å²) >= 11 is 0. The van der Waals surface area contributed by atoms with Gasteiger partial charge in [-0.3, -0.25) is 4.90 Å². The summed E-state index contributed by atoms with van der Waals surface area (Å²) in [5.74, 6) is -0.118. The molecule has 1 aromatic rings. The average Bonchev–Trinajstić information content (AvgIpc) is 2.78. The van der Waals surface area contributed by atoms with Crippen molar-refractivity contribution in [2.24, 2.45) is 5.73 Å². The molecule has 0 aliphatic carbocycles. The second-order valence-corrected chi connectivity index (χ2v) is 5.66. The van der Waals surface area contributed by atoms with Crippen molar-refractivity contribution in [2.45, 2.75) is 32.0 Å². The summed E-state index contributed by atoms with van der Waals surface area (Å²) in [7, 11) is 4.18. The number of likely N-dealkylation sites (N-methyl/N-ethyl adjacent to an activating group) is 1. The van der Waals surface area contributed by atoms with Crippen LogP contribution in [0.2, 0.25) is 0 Å². The topological polar surface area (TPSA) is 32.5 Å². The van der Waals surface area contributed by atoms with Crippen molar-refractivity contribution in [2.75, 3.05) is 27.2 Å². The van der Waals surface area contributed by atoms with Crippen molar-refractivity contribution in [3.05, 3.63) is 35.1 Å². The van der Waals surface area contributed by atoms with Gasteiger partial charge in [0.2, 0.25) is 0 Å². The smallest absolute Gasteiger partial charge is 0.127 e. The average molecular weight is 265 g/mol. The van der Waals surface area contributed by atoms with Crippen molar-refractivity contribution in [1.82, 2.24) is 9.80 Å². The van der Waals surface area contributed by atoms with Crippen LogP contribution in [0.4, 0.5) is 4.39 Å². The SMILES string of the molecule is CN(C)CC1CCCN1Cc1cc(CN)ccc1F. The van der Waals surface area contributed by atoms with Crippen LogP contribution in [0.5, 0.6) is 0 Å². The Morgan fingerprint density at radius 2 is 2.21 bits per heavy atom. The molecule has 1 saturated heterocycles. The number of hydrogen-bond donors (Lipinski definition) is 1. The number of hydrogen-bond acceptors (Lipinski definition) is 3. The van der Waals surface area contributed by atoms with Crippen LogP contribution < -0.4 is 5.73 Å². The van der Waals surface area contributed by atoms with E-state index in [-0.39, 0.29) is 5.82 Å². The summed E-state index contributed by atoms with van der Waals surface area (Å²) in [4.78, 5) is 4.59. The number of nitrogens with two attached hydrogens (primary N) is 1. The molecule has 0 aromatic heterocycles. The van der Waals surface area contributed by atoms with Crippen molar-refractivity contribution in [1.29, 1.82) is 0 Å². The van der Waals surface area contributed by atoms with Crippen LogP contribution >= 0.6 is 0 Å². The fraction of sp³-hybridized carbons (Fsp3) is 0.600. The monoisotopic (exact) mass is 265 g/mol. The lowest BCUT2D eigenvalue weighted by Gasteiger charge is -2.27. The number of halogens is 1. The minimum atomic E-state index is -0.118. The predicted octanol–water partition coefficient (Wildman–Crippen LogP) is 1.81. The summed E-state index contributed by atoms with van der Waals surface area (Å²) in [6.07, 6.45) is 2.41. The van der Waals surface area contributed by atoms with Crippen LogP contribution in [0.1, 0.15) is 24.0 Å². The molecule has 0 bridgehead atoms. The van der Waals surface area contributed by atoms with E-state index in [0.717, 1.165) is 24.2 Å². The summed E-state index contributed by atoms with van der Waals surface area (Å²) < 4.78 is 13.9. The van der Waals surface area contributed by atoms with Gasteiger partial charge in [-0.2, -0.15) is 0 Å². The molecule has 0 radical (unpaired) electrons. The van der Waals surface area contributed by atoms with Crippen molar-refractivity contribution >= 4 is 0 Å². The van der Waals surface area contributed by atoms with Crippen molar-refractivity contribution in [3.63, 3.8) is 0 Å². The van der Waals surface area contributed by atoms with Gasteiger partial charge in [0.15, 0.2) is 0 Å². The fourth-order valence-corrected chi connectivity index (χ4v) is 2.83. The molecule has 2 rings (SSSR count). The molecule has 2 N–H and O–H groups in total. The van der Waals surface area contributed by atoms with Gasteiger partial charge in [0.05, 0.1) is 0 Å². The van der Waals surface area contributed by atoms with E-state index in [1.807, 2.05) is 6.07 Å². The lowest BCUT2D eigenvalue weighted by molar-refractivity contribution is 0.199. The van der Waals surface area contributed by atoms with Crippen LogP contribution in [-0.4, -0.2) is 43.0 Å². The number of benzene rings is 1. The van der Waals surface area contributed by atoms with Gasteiger partial charge in [-0.05, 0) is 45.1 Å². The maximum atomic E-state index is 13.9. The normalized spacial score (nSPS) is 20.4. The minimum absolute atomic E-state index is 0.118. The highest BCUT2D eigenvalue weighted by Gasteiger charge is 2.25. The molecule has 4 heteroatoms. The first kappa shape index (κ1) is 14.4. The number of nitrogens with zero attached hydrogens (tertiary/aromatic N) is 2. The van der Waals surface area contributed by atoms with Gasteiger partial charge in [-0.1, -0.05) is 12.1 Å². The number of likely N-dealkylation sites (tertiary alicyclic amines) is 1. The van der Waals surface area contributed by atoms with Gasteiger partial charge < -0.3 is 10.6 Å². The minimum Gasteiger partial charge on any atom is -0.326 e. The third-order valence-corrected chi connectivity index (χ3v) is 3.79. The zero-order valence-corrected chi connectivity index (χ0v) is 11.9. The van der Waals surface area contributed by atoms with Gasteiger partial charge in [0.25, 0.3) is 0 Å². The summed E-state index contributed by atoms with van der Waals surface area (Å²) in [6.45, 7) is 3.26.